The summed E-state index contributed by atoms with van der Waals surface area (Å²) in [6.07, 6.45) is 8.26. The Morgan fingerprint density at radius 2 is 1.96 bits per heavy atom. The maximum atomic E-state index is 12.2. The Hall–Kier alpha value is -2.04. The van der Waals surface area contributed by atoms with Crippen molar-refractivity contribution < 1.29 is 9.59 Å². The SMILES string of the molecule is CCC(=O)N1CCCc2ccc(NC(=O)NC3CCCCC3)cc21. The van der Waals surface area contributed by atoms with Gasteiger partial charge in [-0.1, -0.05) is 32.3 Å². The highest BCUT2D eigenvalue weighted by atomic mass is 16.2. The highest BCUT2D eigenvalue weighted by Gasteiger charge is 2.22. The fourth-order valence-electron chi connectivity index (χ4n) is 3.70. The summed E-state index contributed by atoms with van der Waals surface area (Å²) in [5.41, 5.74) is 2.88. The number of benzene rings is 1. The Kier molecular flexibility index (Phi) is 5.38. The van der Waals surface area contributed by atoms with Gasteiger partial charge in [0.25, 0.3) is 0 Å². The lowest BCUT2D eigenvalue weighted by Gasteiger charge is -2.30. The normalized spacial score (nSPS) is 18.0. The minimum absolute atomic E-state index is 0.139. The number of carbonyl (C=O) groups excluding carboxylic acids is 2. The first kappa shape index (κ1) is 16.8. The van der Waals surface area contributed by atoms with E-state index in [1.165, 1.54) is 24.8 Å². The molecule has 3 rings (SSSR count). The number of rotatable bonds is 3. The molecule has 1 saturated carbocycles. The molecule has 1 fully saturated rings. The van der Waals surface area contributed by atoms with E-state index in [1.54, 1.807) is 0 Å². The van der Waals surface area contributed by atoms with Crippen LogP contribution in [-0.4, -0.2) is 24.5 Å². The fourth-order valence-corrected chi connectivity index (χ4v) is 3.70. The number of nitrogens with zero attached hydrogens (tertiary/aromatic N) is 1. The molecule has 1 aliphatic heterocycles. The van der Waals surface area contributed by atoms with Gasteiger partial charge in [0.1, 0.15) is 0 Å². The minimum atomic E-state index is -0.147. The lowest BCUT2D eigenvalue weighted by atomic mass is 9.96. The number of aryl methyl sites for hydroxylation is 1. The molecule has 5 heteroatoms. The van der Waals surface area contributed by atoms with E-state index >= 15 is 0 Å². The quantitative estimate of drug-likeness (QED) is 0.885. The van der Waals surface area contributed by atoms with Crippen LogP contribution in [0.15, 0.2) is 18.2 Å². The molecule has 2 N–H and O–H groups in total. The average molecular weight is 329 g/mol. The summed E-state index contributed by atoms with van der Waals surface area (Å²) in [5, 5.41) is 5.99. The molecule has 1 heterocycles. The second-order valence-electron chi connectivity index (χ2n) is 6.78. The molecule has 1 aromatic carbocycles. The lowest BCUT2D eigenvalue weighted by molar-refractivity contribution is -0.118. The number of hydrogen-bond acceptors (Lipinski definition) is 2. The average Bonchev–Trinajstić information content (AvgIpc) is 2.61. The van der Waals surface area contributed by atoms with Crippen LogP contribution in [0.3, 0.4) is 0 Å². The van der Waals surface area contributed by atoms with Crippen molar-refractivity contribution in [3.63, 3.8) is 0 Å². The third-order valence-corrected chi connectivity index (χ3v) is 5.01. The first-order chi connectivity index (χ1) is 11.7. The molecule has 0 saturated heterocycles. The van der Waals surface area contributed by atoms with Gasteiger partial charge in [0, 0.05) is 30.4 Å². The fraction of sp³-hybridized carbons (Fsp3) is 0.579. The lowest BCUT2D eigenvalue weighted by Crippen LogP contribution is -2.39. The number of carbonyl (C=O) groups is 2. The van der Waals surface area contributed by atoms with Gasteiger partial charge in [-0.15, -0.1) is 0 Å². The number of urea groups is 1. The van der Waals surface area contributed by atoms with Crippen LogP contribution in [0.5, 0.6) is 0 Å². The van der Waals surface area contributed by atoms with Crippen LogP contribution >= 0.6 is 0 Å². The van der Waals surface area contributed by atoms with Crippen LogP contribution in [0.2, 0.25) is 0 Å². The van der Waals surface area contributed by atoms with Gasteiger partial charge >= 0.3 is 6.03 Å². The van der Waals surface area contributed by atoms with E-state index in [9.17, 15) is 9.59 Å². The molecule has 5 nitrogen and oxygen atoms in total. The van der Waals surface area contributed by atoms with Gasteiger partial charge in [0.05, 0.1) is 0 Å². The number of fused-ring (bicyclic) bond motifs is 1. The highest BCUT2D eigenvalue weighted by Crippen LogP contribution is 2.30. The Morgan fingerprint density at radius 3 is 2.71 bits per heavy atom. The van der Waals surface area contributed by atoms with E-state index < -0.39 is 0 Å². The van der Waals surface area contributed by atoms with E-state index in [0.29, 0.717) is 6.42 Å². The predicted octanol–water partition coefficient (Wildman–Crippen LogP) is 3.83. The molecule has 1 aromatic rings. The molecule has 24 heavy (non-hydrogen) atoms. The van der Waals surface area contributed by atoms with E-state index in [0.717, 1.165) is 43.6 Å². The van der Waals surface area contributed by atoms with E-state index in [2.05, 4.69) is 10.6 Å². The van der Waals surface area contributed by atoms with Gasteiger partial charge in [-0.05, 0) is 43.4 Å². The van der Waals surface area contributed by atoms with Gasteiger partial charge < -0.3 is 15.5 Å². The molecule has 0 spiro atoms. The Morgan fingerprint density at radius 1 is 1.17 bits per heavy atom. The zero-order valence-corrected chi connectivity index (χ0v) is 14.4. The molecule has 0 aromatic heterocycles. The second-order valence-corrected chi connectivity index (χ2v) is 6.78. The molecular formula is C19H27N3O2. The maximum absolute atomic E-state index is 12.2. The molecule has 0 radical (unpaired) electrons. The molecule has 1 aliphatic carbocycles. The number of anilines is 2. The van der Waals surface area contributed by atoms with E-state index in [-0.39, 0.29) is 18.0 Å². The van der Waals surface area contributed by atoms with Crippen molar-refractivity contribution in [1.82, 2.24) is 5.32 Å². The zero-order valence-electron chi connectivity index (χ0n) is 14.4. The summed E-state index contributed by atoms with van der Waals surface area (Å²) >= 11 is 0. The number of hydrogen-bond donors (Lipinski definition) is 2. The van der Waals surface area contributed by atoms with Crippen molar-refractivity contribution in [1.29, 1.82) is 0 Å². The van der Waals surface area contributed by atoms with Crippen molar-refractivity contribution in [2.24, 2.45) is 0 Å². The standard InChI is InChI=1S/C19H27N3O2/c1-2-18(23)22-12-6-7-14-10-11-16(13-17(14)22)21-19(24)20-15-8-4-3-5-9-15/h10-11,13,15H,2-9,12H2,1H3,(H2,20,21,24). The summed E-state index contributed by atoms with van der Waals surface area (Å²) in [7, 11) is 0. The van der Waals surface area contributed by atoms with Crippen LogP contribution in [-0.2, 0) is 11.2 Å². The summed E-state index contributed by atoms with van der Waals surface area (Å²) < 4.78 is 0. The molecule has 0 bridgehead atoms. The maximum Gasteiger partial charge on any atom is 0.319 e. The monoisotopic (exact) mass is 329 g/mol. The molecular weight excluding hydrogens is 302 g/mol. The first-order valence-corrected chi connectivity index (χ1v) is 9.18. The summed E-state index contributed by atoms with van der Waals surface area (Å²) in [5.74, 6) is 0.139. The number of amides is 3. The van der Waals surface area contributed by atoms with Crippen LogP contribution in [0, 0.1) is 0 Å². The van der Waals surface area contributed by atoms with Crippen molar-refractivity contribution in [2.45, 2.75) is 64.3 Å². The molecule has 0 atom stereocenters. The first-order valence-electron chi connectivity index (χ1n) is 9.18. The van der Waals surface area contributed by atoms with Crippen molar-refractivity contribution in [3.8, 4) is 0 Å². The van der Waals surface area contributed by atoms with E-state index in [4.69, 9.17) is 0 Å². The summed E-state index contributed by atoms with van der Waals surface area (Å²) in [6, 6.07) is 6.03. The second kappa shape index (κ2) is 7.69. The largest absolute Gasteiger partial charge is 0.335 e. The van der Waals surface area contributed by atoms with Crippen LogP contribution in [0.4, 0.5) is 16.2 Å². The Balaban J connectivity index is 1.68. The highest BCUT2D eigenvalue weighted by molar-refractivity contribution is 5.96. The molecule has 0 unspecified atom stereocenters. The van der Waals surface area contributed by atoms with Crippen molar-refractivity contribution in [2.75, 3.05) is 16.8 Å². The minimum Gasteiger partial charge on any atom is -0.335 e. The molecule has 3 amide bonds. The molecule has 2 aliphatic rings. The number of nitrogens with one attached hydrogen (secondary N) is 2. The van der Waals surface area contributed by atoms with Crippen LogP contribution in [0.1, 0.15) is 57.4 Å². The molecule has 130 valence electrons. The van der Waals surface area contributed by atoms with Crippen molar-refractivity contribution >= 4 is 23.3 Å². The summed E-state index contributed by atoms with van der Waals surface area (Å²) in [6.45, 7) is 2.65. The van der Waals surface area contributed by atoms with Crippen molar-refractivity contribution in [3.05, 3.63) is 23.8 Å². The van der Waals surface area contributed by atoms with E-state index in [1.807, 2.05) is 30.0 Å². The Bertz CT molecular complexity index is 609. The van der Waals surface area contributed by atoms with Crippen LogP contribution in [0.25, 0.3) is 0 Å². The van der Waals surface area contributed by atoms with Gasteiger partial charge in [-0.3, -0.25) is 4.79 Å². The summed E-state index contributed by atoms with van der Waals surface area (Å²) in [4.78, 5) is 26.2. The third kappa shape index (κ3) is 3.89. The van der Waals surface area contributed by atoms with Gasteiger partial charge in [0.15, 0.2) is 0 Å². The van der Waals surface area contributed by atoms with Gasteiger partial charge in [-0.2, -0.15) is 0 Å². The smallest absolute Gasteiger partial charge is 0.319 e. The van der Waals surface area contributed by atoms with Crippen LogP contribution < -0.4 is 15.5 Å². The third-order valence-electron chi connectivity index (χ3n) is 5.01. The predicted molar refractivity (Wildman–Crippen MR) is 96.4 cm³/mol. The topological polar surface area (TPSA) is 61.4 Å². The van der Waals surface area contributed by atoms with Gasteiger partial charge in [0.2, 0.25) is 5.91 Å². The van der Waals surface area contributed by atoms with Gasteiger partial charge in [-0.25, -0.2) is 4.79 Å². The Labute approximate surface area is 143 Å². The zero-order chi connectivity index (χ0) is 16.9.